The largest absolute Gasteiger partial charge is 0.495 e. The van der Waals surface area contributed by atoms with Crippen LogP contribution in [0.5, 0.6) is 23.0 Å². The number of anilines is 2. The van der Waals surface area contributed by atoms with Gasteiger partial charge >= 0.3 is 0 Å². The zero-order valence-corrected chi connectivity index (χ0v) is 22.2. The molecule has 1 N–H and O–H groups in total. The fourth-order valence-corrected chi connectivity index (χ4v) is 4.57. The molecule has 1 aliphatic heterocycles. The van der Waals surface area contributed by atoms with Crippen LogP contribution in [0.2, 0.25) is 5.02 Å². The zero-order chi connectivity index (χ0) is 26.4. The quantitative estimate of drug-likeness (QED) is 0.366. The second kappa shape index (κ2) is 12.0. The number of methoxy groups -OCH3 is 4. The predicted octanol–water partition coefficient (Wildman–Crippen LogP) is 5.00. The summed E-state index contributed by atoms with van der Waals surface area (Å²) in [5.41, 5.74) is 1.60. The van der Waals surface area contributed by atoms with Gasteiger partial charge in [-0.05, 0) is 49.1 Å². The lowest BCUT2D eigenvalue weighted by Crippen LogP contribution is -2.31. The van der Waals surface area contributed by atoms with Gasteiger partial charge in [-0.25, -0.2) is 4.98 Å². The van der Waals surface area contributed by atoms with E-state index in [-0.39, 0.29) is 5.78 Å². The van der Waals surface area contributed by atoms with E-state index >= 15 is 0 Å². The van der Waals surface area contributed by atoms with Crippen LogP contribution in [0.3, 0.4) is 0 Å². The normalized spacial score (nSPS) is 13.2. The van der Waals surface area contributed by atoms with E-state index in [0.29, 0.717) is 57.5 Å². The van der Waals surface area contributed by atoms with Crippen LogP contribution >= 0.6 is 11.6 Å². The summed E-state index contributed by atoms with van der Waals surface area (Å²) in [5.74, 6) is 2.53. The molecule has 0 bridgehead atoms. The molecule has 0 saturated carbocycles. The van der Waals surface area contributed by atoms with Crippen molar-refractivity contribution in [2.24, 2.45) is 0 Å². The Morgan fingerprint density at radius 1 is 0.946 bits per heavy atom. The molecule has 1 fully saturated rings. The summed E-state index contributed by atoms with van der Waals surface area (Å²) in [7, 11) is 6.11. The number of ketones is 1. The monoisotopic (exact) mass is 526 g/mol. The van der Waals surface area contributed by atoms with Gasteiger partial charge in [-0.1, -0.05) is 17.7 Å². The molecule has 0 unspecified atom stereocenters. The van der Waals surface area contributed by atoms with Crippen LogP contribution in [0.1, 0.15) is 40.7 Å². The van der Waals surface area contributed by atoms with Gasteiger partial charge in [0, 0.05) is 31.4 Å². The number of hydrogen-bond acceptors (Lipinski definition) is 9. The Morgan fingerprint density at radius 3 is 2.22 bits per heavy atom. The number of carbonyl (C=O) groups excluding carboxylic acids is 1. The van der Waals surface area contributed by atoms with E-state index in [1.807, 2.05) is 12.1 Å². The van der Waals surface area contributed by atoms with E-state index < -0.39 is 0 Å². The minimum Gasteiger partial charge on any atom is -0.495 e. The minimum absolute atomic E-state index is 0.278. The Kier molecular flexibility index (Phi) is 8.55. The number of halogens is 1. The molecule has 1 aromatic heterocycles. The molecule has 1 aliphatic rings. The first kappa shape index (κ1) is 26.3. The number of carbonyl (C=O) groups is 1. The van der Waals surface area contributed by atoms with Crippen LogP contribution in [0, 0.1) is 0 Å². The lowest BCUT2D eigenvalue weighted by Gasteiger charge is -2.27. The van der Waals surface area contributed by atoms with E-state index in [2.05, 4.69) is 15.2 Å². The molecule has 3 aromatic rings. The Bertz CT molecular complexity index is 1240. The maximum absolute atomic E-state index is 13.7. The van der Waals surface area contributed by atoms with E-state index in [0.717, 1.165) is 31.5 Å². The number of benzene rings is 2. The fraction of sp³-hybridized carbons (Fsp3) is 0.370. The summed E-state index contributed by atoms with van der Waals surface area (Å²) >= 11 is 6.31. The van der Waals surface area contributed by atoms with Crippen molar-refractivity contribution in [2.45, 2.75) is 25.8 Å². The zero-order valence-electron chi connectivity index (χ0n) is 21.5. The minimum atomic E-state index is -0.278. The van der Waals surface area contributed by atoms with Gasteiger partial charge in [0.15, 0.2) is 17.3 Å². The highest BCUT2D eigenvalue weighted by Gasteiger charge is 2.23. The molecule has 0 spiro atoms. The third-order valence-electron chi connectivity index (χ3n) is 6.26. The average Bonchev–Trinajstić information content (AvgIpc) is 2.95. The molecule has 37 heavy (non-hydrogen) atoms. The van der Waals surface area contributed by atoms with E-state index in [4.69, 9.17) is 35.5 Å². The van der Waals surface area contributed by atoms with Gasteiger partial charge in [0.25, 0.3) is 0 Å². The molecule has 10 heteroatoms. The highest BCUT2D eigenvalue weighted by atomic mass is 35.5. The summed E-state index contributed by atoms with van der Waals surface area (Å²) in [4.78, 5) is 25.2. The SMILES string of the molecule is COc1ccc(CNc2nc(N3CCCCC3)ncc2C(=O)c2cc(OC)c(OC)c(OC)c2)cc1Cl. The maximum atomic E-state index is 13.7. The highest BCUT2D eigenvalue weighted by molar-refractivity contribution is 6.32. The molecular weight excluding hydrogens is 496 g/mol. The second-order valence-electron chi connectivity index (χ2n) is 8.55. The maximum Gasteiger partial charge on any atom is 0.227 e. The average molecular weight is 527 g/mol. The number of aromatic nitrogens is 2. The molecule has 4 rings (SSSR count). The summed E-state index contributed by atoms with van der Waals surface area (Å²) in [6.07, 6.45) is 4.94. The molecule has 0 amide bonds. The Morgan fingerprint density at radius 2 is 1.62 bits per heavy atom. The van der Waals surface area contributed by atoms with Crippen molar-refractivity contribution in [1.82, 2.24) is 9.97 Å². The van der Waals surface area contributed by atoms with Crippen LogP contribution in [-0.4, -0.2) is 57.3 Å². The van der Waals surface area contributed by atoms with Gasteiger partial charge in [-0.15, -0.1) is 0 Å². The molecule has 0 aliphatic carbocycles. The first-order valence-corrected chi connectivity index (χ1v) is 12.4. The topological polar surface area (TPSA) is 95.0 Å². The van der Waals surface area contributed by atoms with Gasteiger partial charge in [-0.3, -0.25) is 4.79 Å². The van der Waals surface area contributed by atoms with Crippen LogP contribution < -0.4 is 29.2 Å². The van der Waals surface area contributed by atoms with Crippen LogP contribution in [-0.2, 0) is 6.54 Å². The molecule has 1 saturated heterocycles. The Hall–Kier alpha value is -3.72. The van der Waals surface area contributed by atoms with Crippen molar-refractivity contribution in [3.8, 4) is 23.0 Å². The Balaban J connectivity index is 1.70. The van der Waals surface area contributed by atoms with Gasteiger partial charge in [0.05, 0.1) is 39.0 Å². The molecule has 0 atom stereocenters. The third-order valence-corrected chi connectivity index (χ3v) is 6.56. The van der Waals surface area contributed by atoms with Crippen molar-refractivity contribution < 1.29 is 23.7 Å². The van der Waals surface area contributed by atoms with E-state index in [1.165, 1.54) is 27.8 Å². The van der Waals surface area contributed by atoms with E-state index in [1.54, 1.807) is 31.5 Å². The smallest absolute Gasteiger partial charge is 0.227 e. The summed E-state index contributed by atoms with van der Waals surface area (Å²) < 4.78 is 21.5. The molecule has 0 radical (unpaired) electrons. The van der Waals surface area contributed by atoms with Crippen LogP contribution in [0.25, 0.3) is 0 Å². The number of ether oxygens (including phenoxy) is 4. The molecular formula is C27H31ClN4O5. The number of hydrogen-bond donors (Lipinski definition) is 1. The van der Waals surface area contributed by atoms with Crippen LogP contribution in [0.4, 0.5) is 11.8 Å². The second-order valence-corrected chi connectivity index (χ2v) is 8.95. The van der Waals surface area contributed by atoms with Crippen LogP contribution in [0.15, 0.2) is 36.5 Å². The summed E-state index contributed by atoms with van der Waals surface area (Å²) in [5, 5.41) is 3.83. The highest BCUT2D eigenvalue weighted by Crippen LogP contribution is 2.39. The predicted molar refractivity (Wildman–Crippen MR) is 143 cm³/mol. The first-order valence-electron chi connectivity index (χ1n) is 12.0. The number of nitrogens with one attached hydrogen (secondary N) is 1. The first-order chi connectivity index (χ1) is 18.0. The van der Waals surface area contributed by atoms with Crippen molar-refractivity contribution in [2.75, 3.05) is 51.7 Å². The van der Waals surface area contributed by atoms with Gasteiger partial charge in [0.1, 0.15) is 11.6 Å². The number of nitrogens with zero attached hydrogens (tertiary/aromatic N) is 3. The molecule has 2 heterocycles. The molecule has 9 nitrogen and oxygen atoms in total. The third kappa shape index (κ3) is 5.83. The lowest BCUT2D eigenvalue weighted by atomic mass is 10.0. The van der Waals surface area contributed by atoms with Crippen molar-refractivity contribution in [3.05, 3.63) is 58.2 Å². The molecule has 2 aromatic carbocycles. The fourth-order valence-electron chi connectivity index (χ4n) is 4.29. The number of rotatable bonds is 10. The number of piperidine rings is 1. The standard InChI is InChI=1S/C27H31ClN4O5/c1-34-21-9-8-17(12-20(21)28)15-29-26-19(16-30-27(31-26)32-10-6-5-7-11-32)24(33)18-13-22(35-2)25(37-4)23(14-18)36-3/h8-9,12-14,16H,5-7,10-11,15H2,1-4H3,(H,29,30,31). The van der Waals surface area contributed by atoms with Gasteiger partial charge in [0.2, 0.25) is 11.7 Å². The summed E-state index contributed by atoms with van der Waals surface area (Å²) in [6.45, 7) is 2.16. The van der Waals surface area contributed by atoms with E-state index in [9.17, 15) is 4.79 Å². The van der Waals surface area contributed by atoms with Gasteiger partial charge in [-0.2, -0.15) is 4.98 Å². The van der Waals surface area contributed by atoms with Crippen molar-refractivity contribution >= 4 is 29.2 Å². The van der Waals surface area contributed by atoms with Crippen molar-refractivity contribution in [3.63, 3.8) is 0 Å². The Labute approximate surface area is 221 Å². The summed E-state index contributed by atoms with van der Waals surface area (Å²) in [6, 6.07) is 8.77. The molecule has 196 valence electrons. The van der Waals surface area contributed by atoms with Crippen molar-refractivity contribution in [1.29, 1.82) is 0 Å². The lowest BCUT2D eigenvalue weighted by molar-refractivity contribution is 0.103. The van der Waals surface area contributed by atoms with Gasteiger partial charge < -0.3 is 29.2 Å².